The van der Waals surface area contributed by atoms with Gasteiger partial charge in [-0.25, -0.2) is 0 Å². The van der Waals surface area contributed by atoms with Crippen molar-refractivity contribution in [3.05, 3.63) is 0 Å². The number of ether oxygens (including phenoxy) is 2. The molecule has 0 aliphatic heterocycles. The minimum absolute atomic E-state index is 0. The van der Waals surface area contributed by atoms with Crippen LogP contribution < -0.4 is 0 Å². The molecule has 0 aromatic heterocycles. The third kappa shape index (κ3) is 38.1. The Morgan fingerprint density at radius 2 is 1.18 bits per heavy atom. The average molecular weight is 216 g/mol. The molecule has 0 saturated heterocycles. The molecule has 0 aromatic rings. The van der Waals surface area contributed by atoms with Crippen molar-refractivity contribution in [1.82, 2.24) is 0 Å². The van der Waals surface area contributed by atoms with E-state index in [-0.39, 0.29) is 30.3 Å². The van der Waals surface area contributed by atoms with E-state index in [1.165, 1.54) is 0 Å². The Kier molecular flexibility index (Phi) is 35.6. The molecule has 0 rings (SSSR count). The van der Waals surface area contributed by atoms with Gasteiger partial charge in [-0.3, -0.25) is 0 Å². The summed E-state index contributed by atoms with van der Waals surface area (Å²) in [7, 11) is 3.10. The molecular weight excluding hydrogens is 200 g/mol. The second kappa shape index (κ2) is 22.4. The number of hydrogen-bond donors (Lipinski definition) is 2. The molecule has 0 fully saturated rings. The fourth-order valence-electron chi connectivity index (χ4n) is 0.183. The van der Waals surface area contributed by atoms with Gasteiger partial charge in [-0.05, 0) is 0 Å². The largest absolute Gasteiger partial charge is 0.394 e. The van der Waals surface area contributed by atoms with E-state index in [1.807, 2.05) is 0 Å². The van der Waals surface area contributed by atoms with Crippen LogP contribution in [0.5, 0.6) is 0 Å². The Labute approximate surface area is 78.0 Å². The molecule has 1 radical (unpaired) electrons. The number of aliphatic hydroxyl groups is 2. The van der Waals surface area contributed by atoms with Crippen LogP contribution in [0.3, 0.4) is 0 Å². The summed E-state index contributed by atoms with van der Waals surface area (Å²) in [6, 6.07) is 0. The van der Waals surface area contributed by atoms with Crippen LogP contribution in [-0.4, -0.2) is 50.9 Å². The molecule has 0 bridgehead atoms. The van der Waals surface area contributed by atoms with Gasteiger partial charge in [0.05, 0.1) is 26.4 Å². The molecular formula is C6H16CuO4. The number of aliphatic hydroxyl groups excluding tert-OH is 2. The summed E-state index contributed by atoms with van der Waals surface area (Å²) in [5.74, 6) is 0. The topological polar surface area (TPSA) is 58.9 Å². The molecule has 11 heavy (non-hydrogen) atoms. The Morgan fingerprint density at radius 1 is 0.909 bits per heavy atom. The smallest absolute Gasteiger partial charge is 0.0693 e. The average Bonchev–Trinajstić information content (AvgIpc) is 1.93. The maximum absolute atomic E-state index is 7.94. The molecule has 5 heteroatoms. The Bertz CT molecular complexity index is 35.6. The number of rotatable bonds is 4. The standard InChI is InChI=1S/2C3H8O2.Cu/c2*1-5-3-2-4;/h2*4H,2-3H2,1H3;. The van der Waals surface area contributed by atoms with Crippen molar-refractivity contribution in [3.8, 4) is 0 Å². The Balaban J connectivity index is -0.000000107. The second-order valence-corrected chi connectivity index (χ2v) is 1.43. The van der Waals surface area contributed by atoms with E-state index >= 15 is 0 Å². The predicted molar refractivity (Wildman–Crippen MR) is 37.9 cm³/mol. The summed E-state index contributed by atoms with van der Waals surface area (Å²) in [5.41, 5.74) is 0. The van der Waals surface area contributed by atoms with Crippen LogP contribution in [0.25, 0.3) is 0 Å². The van der Waals surface area contributed by atoms with E-state index in [4.69, 9.17) is 10.2 Å². The van der Waals surface area contributed by atoms with Crippen LogP contribution in [-0.2, 0) is 26.5 Å². The first kappa shape index (κ1) is 17.4. The fourth-order valence-corrected chi connectivity index (χ4v) is 0.183. The molecule has 0 unspecified atom stereocenters. The van der Waals surface area contributed by atoms with Crippen LogP contribution in [0.15, 0.2) is 0 Å². The van der Waals surface area contributed by atoms with Gasteiger partial charge in [0.25, 0.3) is 0 Å². The first-order chi connectivity index (χ1) is 4.83. The summed E-state index contributed by atoms with van der Waals surface area (Å²) in [6.45, 7) is 1.13. The molecule has 0 saturated carbocycles. The van der Waals surface area contributed by atoms with E-state index in [0.29, 0.717) is 13.2 Å². The zero-order valence-corrected chi connectivity index (χ0v) is 7.78. The van der Waals surface area contributed by atoms with Crippen LogP contribution in [0.1, 0.15) is 0 Å². The van der Waals surface area contributed by atoms with Crippen molar-refractivity contribution in [2.75, 3.05) is 40.6 Å². The zero-order chi connectivity index (χ0) is 8.24. The molecule has 75 valence electrons. The Hall–Kier alpha value is 0.359. The van der Waals surface area contributed by atoms with Crippen LogP contribution in [0.4, 0.5) is 0 Å². The molecule has 4 nitrogen and oxygen atoms in total. The van der Waals surface area contributed by atoms with Crippen LogP contribution in [0, 0.1) is 0 Å². The molecule has 0 aliphatic rings. The molecule has 0 atom stereocenters. The summed E-state index contributed by atoms with van der Waals surface area (Å²) < 4.78 is 8.88. The van der Waals surface area contributed by atoms with Gasteiger partial charge >= 0.3 is 0 Å². The Morgan fingerprint density at radius 3 is 1.18 bits per heavy atom. The molecule has 0 heterocycles. The van der Waals surface area contributed by atoms with Crippen LogP contribution in [0.2, 0.25) is 0 Å². The zero-order valence-electron chi connectivity index (χ0n) is 6.84. The van der Waals surface area contributed by atoms with E-state index in [1.54, 1.807) is 14.2 Å². The normalized spacial score (nSPS) is 7.64. The quantitative estimate of drug-likeness (QED) is 0.606. The molecule has 2 N–H and O–H groups in total. The van der Waals surface area contributed by atoms with E-state index in [2.05, 4.69) is 9.47 Å². The third-order valence-electron chi connectivity index (χ3n) is 0.591. The fraction of sp³-hybridized carbons (Fsp3) is 1.00. The van der Waals surface area contributed by atoms with Gasteiger partial charge in [0, 0.05) is 31.3 Å². The maximum atomic E-state index is 7.94. The molecule has 0 spiro atoms. The second-order valence-electron chi connectivity index (χ2n) is 1.43. The van der Waals surface area contributed by atoms with Gasteiger partial charge in [0.15, 0.2) is 0 Å². The summed E-state index contributed by atoms with van der Waals surface area (Å²) in [4.78, 5) is 0. The minimum atomic E-state index is 0. The van der Waals surface area contributed by atoms with Crippen molar-refractivity contribution in [1.29, 1.82) is 0 Å². The van der Waals surface area contributed by atoms with Gasteiger partial charge in [0.2, 0.25) is 0 Å². The third-order valence-corrected chi connectivity index (χ3v) is 0.591. The van der Waals surface area contributed by atoms with Crippen molar-refractivity contribution < 1.29 is 36.8 Å². The van der Waals surface area contributed by atoms with Gasteiger partial charge < -0.3 is 19.7 Å². The summed E-state index contributed by atoms with van der Waals surface area (Å²) in [5, 5.41) is 15.9. The first-order valence-electron chi connectivity index (χ1n) is 3.03. The summed E-state index contributed by atoms with van der Waals surface area (Å²) >= 11 is 0. The van der Waals surface area contributed by atoms with E-state index < -0.39 is 0 Å². The van der Waals surface area contributed by atoms with Crippen molar-refractivity contribution >= 4 is 0 Å². The predicted octanol–water partition coefficient (Wildman–Crippen LogP) is -0.752. The maximum Gasteiger partial charge on any atom is 0.0693 e. The van der Waals surface area contributed by atoms with E-state index in [0.717, 1.165) is 0 Å². The van der Waals surface area contributed by atoms with Gasteiger partial charge in [0.1, 0.15) is 0 Å². The minimum Gasteiger partial charge on any atom is -0.394 e. The first-order valence-corrected chi connectivity index (χ1v) is 3.03. The number of hydrogen-bond acceptors (Lipinski definition) is 4. The van der Waals surface area contributed by atoms with Crippen molar-refractivity contribution in [3.63, 3.8) is 0 Å². The van der Waals surface area contributed by atoms with Gasteiger partial charge in [-0.2, -0.15) is 0 Å². The van der Waals surface area contributed by atoms with Crippen LogP contribution >= 0.6 is 0 Å². The van der Waals surface area contributed by atoms with Gasteiger partial charge in [-0.1, -0.05) is 0 Å². The molecule has 0 aliphatic carbocycles. The molecule has 0 aromatic carbocycles. The van der Waals surface area contributed by atoms with Crippen molar-refractivity contribution in [2.24, 2.45) is 0 Å². The SMILES string of the molecule is COCCO.COCCO.[Cu]. The van der Waals surface area contributed by atoms with E-state index in [9.17, 15) is 0 Å². The molecule has 0 amide bonds. The summed E-state index contributed by atoms with van der Waals surface area (Å²) in [6.07, 6.45) is 0. The van der Waals surface area contributed by atoms with Crippen molar-refractivity contribution in [2.45, 2.75) is 0 Å². The number of methoxy groups -OCH3 is 2. The monoisotopic (exact) mass is 215 g/mol. The van der Waals surface area contributed by atoms with Gasteiger partial charge in [-0.15, -0.1) is 0 Å².